The van der Waals surface area contributed by atoms with Gasteiger partial charge in [0.05, 0.1) is 104 Å². The van der Waals surface area contributed by atoms with Crippen LogP contribution in [-0.2, 0) is 28.4 Å². The van der Waals surface area contributed by atoms with Gasteiger partial charge in [0.1, 0.15) is 6.10 Å². The van der Waals surface area contributed by atoms with E-state index in [1.54, 1.807) is 24.3 Å². The number of ether oxygens (including phenoxy) is 6. The van der Waals surface area contributed by atoms with Crippen LogP contribution in [0.4, 0.5) is 0 Å². The molecule has 2 fully saturated rings. The lowest BCUT2D eigenvalue weighted by Gasteiger charge is -2.01. The molecule has 0 saturated carbocycles. The van der Waals surface area contributed by atoms with Gasteiger partial charge in [0.15, 0.2) is 0 Å². The fourth-order valence-corrected chi connectivity index (χ4v) is 1.46. The largest absolute Gasteiger partial charge is 0.394 e. The maximum Gasteiger partial charge on any atom is 0.104 e. The highest BCUT2D eigenvalue weighted by Gasteiger charge is 2.21. The summed E-state index contributed by atoms with van der Waals surface area (Å²) < 4.78 is 29.5. The first-order valence-electron chi connectivity index (χ1n) is 12.1. The van der Waals surface area contributed by atoms with Gasteiger partial charge in [-0.3, -0.25) is 0 Å². The maximum atomic E-state index is 8.13. The average molecular weight is 638 g/mol. The summed E-state index contributed by atoms with van der Waals surface area (Å²) in [5.74, 6) is 0.667. The molecule has 2 aliphatic rings. The van der Waals surface area contributed by atoms with E-state index in [4.69, 9.17) is 60.4 Å². The molecule has 2 saturated heterocycles. The maximum absolute atomic E-state index is 8.13. The average Bonchev–Trinajstić information content (AvgIpc) is 3.88. The molecule has 0 bridgehead atoms. The predicted molar refractivity (Wildman–Crippen MR) is 156 cm³/mol. The standard InChI is InChI=1S/C8H14O3.2C5H10O2.C3H5Br.C3H5ClO.C2H6O2/c1-2-3-9-4-5-10-6-8-7-11-8;2*1-2-4-7-5-3-6;1-2-3-4;4-1-3-2-5-3;3-1-2-4/h2,8H,1,3-7H2;2*2,6H,1,3-5H2;2H,1,3H2;3H,1-2H2;3-4H,1-2H2. The molecule has 2 unspecified atom stereocenters. The van der Waals surface area contributed by atoms with Gasteiger partial charge < -0.3 is 48.8 Å². The minimum absolute atomic E-state index is 0.0911. The third-order valence-corrected chi connectivity index (χ3v) is 3.84. The Labute approximate surface area is 242 Å². The molecule has 228 valence electrons. The summed E-state index contributed by atoms with van der Waals surface area (Å²) in [7, 11) is 0. The predicted octanol–water partition coefficient (Wildman–Crippen LogP) is 2.13. The first-order valence-corrected chi connectivity index (χ1v) is 13.7. The third kappa shape index (κ3) is 64.9. The summed E-state index contributed by atoms with van der Waals surface area (Å²) in [6.45, 7) is 19.9. The van der Waals surface area contributed by atoms with Crippen molar-refractivity contribution in [2.45, 2.75) is 12.2 Å². The van der Waals surface area contributed by atoms with E-state index in [9.17, 15) is 0 Å². The van der Waals surface area contributed by atoms with Crippen molar-refractivity contribution >= 4 is 27.5 Å². The lowest BCUT2D eigenvalue weighted by atomic mass is 10.5. The van der Waals surface area contributed by atoms with Gasteiger partial charge in [0.2, 0.25) is 0 Å². The van der Waals surface area contributed by atoms with E-state index in [0.717, 1.165) is 18.5 Å². The highest BCUT2D eigenvalue weighted by atomic mass is 79.9. The van der Waals surface area contributed by atoms with Gasteiger partial charge in [-0.1, -0.05) is 40.2 Å². The van der Waals surface area contributed by atoms with Gasteiger partial charge in [0, 0.05) is 5.33 Å². The number of epoxide rings is 2. The molecule has 2 aliphatic heterocycles. The van der Waals surface area contributed by atoms with Crippen molar-refractivity contribution in [1.29, 1.82) is 0 Å². The zero-order valence-electron chi connectivity index (χ0n) is 22.6. The number of rotatable bonds is 18. The van der Waals surface area contributed by atoms with Gasteiger partial charge in [-0.05, 0) is 0 Å². The van der Waals surface area contributed by atoms with E-state index in [1.165, 1.54) is 0 Å². The number of hydrogen-bond acceptors (Lipinski definition) is 10. The minimum atomic E-state index is -0.125. The molecule has 0 aliphatic carbocycles. The fraction of sp³-hybridized carbons (Fsp3) is 0.692. The summed E-state index contributed by atoms with van der Waals surface area (Å²) in [6.07, 6.45) is 7.57. The fourth-order valence-electron chi connectivity index (χ4n) is 1.28. The van der Waals surface area contributed by atoms with Gasteiger partial charge in [-0.2, -0.15) is 0 Å². The van der Waals surface area contributed by atoms with E-state index in [0.29, 0.717) is 70.9 Å². The van der Waals surface area contributed by atoms with Crippen molar-refractivity contribution in [3.63, 3.8) is 0 Å². The smallest absolute Gasteiger partial charge is 0.104 e. The second kappa shape index (κ2) is 46.2. The van der Waals surface area contributed by atoms with Crippen LogP contribution in [-0.4, -0.2) is 136 Å². The summed E-state index contributed by atoms with van der Waals surface area (Å²) in [4.78, 5) is 0. The van der Waals surface area contributed by atoms with Gasteiger partial charge in [-0.25, -0.2) is 0 Å². The molecular formula is C26H50BrClO10. The molecule has 12 heteroatoms. The first-order chi connectivity index (χ1) is 18.5. The summed E-state index contributed by atoms with van der Waals surface area (Å²) in [5.41, 5.74) is 0. The van der Waals surface area contributed by atoms with Crippen LogP contribution in [0.1, 0.15) is 0 Å². The quantitative estimate of drug-likeness (QED) is 0.0764. The Morgan fingerprint density at radius 1 is 0.658 bits per heavy atom. The number of aliphatic hydroxyl groups is 4. The van der Waals surface area contributed by atoms with Gasteiger partial charge in [0.25, 0.3) is 0 Å². The second-order valence-corrected chi connectivity index (χ2v) is 7.52. The minimum Gasteiger partial charge on any atom is -0.394 e. The van der Waals surface area contributed by atoms with Crippen molar-refractivity contribution in [3.8, 4) is 0 Å². The van der Waals surface area contributed by atoms with Crippen LogP contribution in [0.3, 0.4) is 0 Å². The zero-order chi connectivity index (χ0) is 29.5. The highest BCUT2D eigenvalue weighted by Crippen LogP contribution is 2.09. The molecule has 4 N–H and O–H groups in total. The number of allylic oxidation sites excluding steroid dienone is 1. The van der Waals surface area contributed by atoms with E-state index < -0.39 is 0 Å². The van der Waals surface area contributed by atoms with Crippen LogP contribution in [0.15, 0.2) is 50.6 Å². The molecule has 2 atom stereocenters. The van der Waals surface area contributed by atoms with Crippen LogP contribution in [0.2, 0.25) is 0 Å². The number of hydrogen-bond donors (Lipinski definition) is 4. The first kappa shape index (κ1) is 44.4. The monoisotopic (exact) mass is 636 g/mol. The second-order valence-electron chi connectivity index (χ2n) is 6.57. The lowest BCUT2D eigenvalue weighted by molar-refractivity contribution is 0.0515. The third-order valence-electron chi connectivity index (χ3n) is 3.04. The molecule has 2 rings (SSSR count). The van der Waals surface area contributed by atoms with Crippen molar-refractivity contribution in [1.82, 2.24) is 0 Å². The molecule has 0 aromatic heterocycles. The Hall–Kier alpha value is -0.670. The molecule has 2 heterocycles. The summed E-state index contributed by atoms with van der Waals surface area (Å²) >= 11 is 8.40. The molecule has 0 spiro atoms. The Kier molecular flexibility index (Phi) is 53.9. The van der Waals surface area contributed by atoms with E-state index in [-0.39, 0.29) is 26.4 Å². The van der Waals surface area contributed by atoms with Crippen LogP contribution in [0.25, 0.3) is 0 Å². The SMILES string of the molecule is C=CCBr.C=CCOCCO.C=CCOCCO.C=CCOCCOCC1CO1.ClCC1CO1.OCCO. The highest BCUT2D eigenvalue weighted by molar-refractivity contribution is 9.09. The number of aliphatic hydroxyl groups excluding tert-OH is 4. The molecule has 0 aromatic carbocycles. The van der Waals surface area contributed by atoms with Crippen LogP contribution in [0.5, 0.6) is 0 Å². The summed E-state index contributed by atoms with van der Waals surface area (Å²) in [6, 6.07) is 0. The number of halogens is 2. The Balaban J connectivity index is -0.000000191. The van der Waals surface area contributed by atoms with Crippen molar-refractivity contribution in [3.05, 3.63) is 50.6 Å². The van der Waals surface area contributed by atoms with Crippen LogP contribution < -0.4 is 0 Å². The normalized spacial score (nSPS) is 15.4. The number of alkyl halides is 2. The van der Waals surface area contributed by atoms with Crippen molar-refractivity contribution in [2.24, 2.45) is 0 Å². The molecular weight excluding hydrogens is 588 g/mol. The van der Waals surface area contributed by atoms with Crippen molar-refractivity contribution in [2.75, 3.05) is 104 Å². The van der Waals surface area contributed by atoms with E-state index >= 15 is 0 Å². The van der Waals surface area contributed by atoms with Gasteiger partial charge >= 0.3 is 0 Å². The van der Waals surface area contributed by atoms with Crippen LogP contribution in [0, 0.1) is 0 Å². The van der Waals surface area contributed by atoms with Gasteiger partial charge in [-0.15, -0.1) is 37.9 Å². The lowest BCUT2D eigenvalue weighted by Crippen LogP contribution is -2.08. The molecule has 0 radical (unpaired) electrons. The Morgan fingerprint density at radius 2 is 1.03 bits per heavy atom. The topological polar surface area (TPSA) is 143 Å². The van der Waals surface area contributed by atoms with Crippen LogP contribution >= 0.6 is 27.5 Å². The van der Waals surface area contributed by atoms with Crippen molar-refractivity contribution < 1.29 is 48.8 Å². The Morgan fingerprint density at radius 3 is 1.26 bits per heavy atom. The van der Waals surface area contributed by atoms with E-state index in [1.807, 2.05) is 0 Å². The van der Waals surface area contributed by atoms with E-state index in [2.05, 4.69) is 42.2 Å². The molecule has 0 aromatic rings. The molecule has 10 nitrogen and oxygen atoms in total. The zero-order valence-corrected chi connectivity index (χ0v) is 24.9. The summed E-state index contributed by atoms with van der Waals surface area (Å²) in [5, 5.41) is 32.4. The molecule has 0 amide bonds. The molecule has 38 heavy (non-hydrogen) atoms. The Bertz CT molecular complexity index is 438.